The molecule has 0 bridgehead atoms. The maximum absolute atomic E-state index is 4.71. The topological polar surface area (TPSA) is 30.7 Å². The van der Waals surface area contributed by atoms with Crippen LogP contribution in [0, 0.1) is 6.92 Å². The highest BCUT2D eigenvalue weighted by Crippen LogP contribution is 2.31. The molecule has 23 heavy (non-hydrogen) atoms. The monoisotopic (exact) mass is 363 g/mol. The van der Waals surface area contributed by atoms with Gasteiger partial charge in [0.05, 0.1) is 16.8 Å². The lowest BCUT2D eigenvalue weighted by Crippen LogP contribution is -1.97. The summed E-state index contributed by atoms with van der Waals surface area (Å²) in [5.74, 6) is 0. The summed E-state index contributed by atoms with van der Waals surface area (Å²) in [4.78, 5) is 4.57. The van der Waals surface area contributed by atoms with Crippen molar-refractivity contribution in [1.29, 1.82) is 0 Å². The number of aromatic nitrogens is 3. The zero-order chi connectivity index (χ0) is 15.8. The van der Waals surface area contributed by atoms with Crippen LogP contribution in [0.3, 0.4) is 0 Å². The van der Waals surface area contributed by atoms with E-state index in [2.05, 4.69) is 51.2 Å². The highest BCUT2D eigenvalue weighted by atomic mass is 79.9. The summed E-state index contributed by atoms with van der Waals surface area (Å²) in [5, 5.41) is 5.80. The van der Waals surface area contributed by atoms with Crippen LogP contribution in [0.25, 0.3) is 27.8 Å². The number of hydrogen-bond donors (Lipinski definition) is 0. The molecule has 0 aliphatic heterocycles. The van der Waals surface area contributed by atoms with Crippen molar-refractivity contribution in [2.75, 3.05) is 0 Å². The molecule has 112 valence electrons. The van der Waals surface area contributed by atoms with Crippen molar-refractivity contribution in [3.63, 3.8) is 0 Å². The molecule has 3 nitrogen and oxygen atoms in total. The molecule has 0 atom stereocenters. The van der Waals surface area contributed by atoms with Crippen molar-refractivity contribution < 1.29 is 0 Å². The summed E-state index contributed by atoms with van der Waals surface area (Å²) in [6.45, 7) is 2.03. The third-order valence-electron chi connectivity index (χ3n) is 3.90. The smallest absolute Gasteiger partial charge is 0.163 e. The third-order valence-corrected chi connectivity index (χ3v) is 4.43. The van der Waals surface area contributed by atoms with E-state index in [1.54, 1.807) is 0 Å². The van der Waals surface area contributed by atoms with E-state index in [-0.39, 0.29) is 0 Å². The lowest BCUT2D eigenvalue weighted by Gasteiger charge is -2.05. The van der Waals surface area contributed by atoms with Crippen LogP contribution < -0.4 is 0 Å². The molecule has 4 rings (SSSR count). The molecule has 2 aromatic carbocycles. The summed E-state index contributed by atoms with van der Waals surface area (Å²) < 4.78 is 2.98. The maximum Gasteiger partial charge on any atom is 0.163 e. The Labute approximate surface area is 142 Å². The molecule has 0 aliphatic rings. The number of para-hydroxylation sites is 1. The van der Waals surface area contributed by atoms with E-state index in [1.807, 2.05) is 48.1 Å². The van der Waals surface area contributed by atoms with Crippen LogP contribution >= 0.6 is 15.9 Å². The van der Waals surface area contributed by atoms with E-state index < -0.39 is 0 Å². The molecule has 0 saturated carbocycles. The normalized spacial score (nSPS) is 11.0. The van der Waals surface area contributed by atoms with Gasteiger partial charge in [0.25, 0.3) is 0 Å². The first kappa shape index (κ1) is 14.2. The molecule has 4 aromatic rings. The number of aryl methyl sites for hydroxylation is 1. The van der Waals surface area contributed by atoms with Gasteiger partial charge in [-0.15, -0.1) is 0 Å². The predicted octanol–water partition coefficient (Wildman–Crippen LogP) is 5.16. The van der Waals surface area contributed by atoms with Crippen LogP contribution in [0.1, 0.15) is 5.69 Å². The van der Waals surface area contributed by atoms with Gasteiger partial charge in [-0.05, 0) is 48.4 Å². The minimum atomic E-state index is 0.883. The molecule has 0 saturated heterocycles. The molecule has 2 aromatic heterocycles. The molecule has 0 N–H and O–H groups in total. The second-order valence-electron chi connectivity index (χ2n) is 5.40. The van der Waals surface area contributed by atoms with E-state index >= 15 is 0 Å². The number of rotatable bonds is 2. The fourth-order valence-corrected chi connectivity index (χ4v) is 3.10. The van der Waals surface area contributed by atoms with Crippen molar-refractivity contribution in [2.24, 2.45) is 0 Å². The van der Waals surface area contributed by atoms with Crippen LogP contribution in [-0.2, 0) is 0 Å². The van der Waals surface area contributed by atoms with Gasteiger partial charge in [-0.2, -0.15) is 5.10 Å². The number of fused-ring (bicyclic) bond motifs is 1. The highest BCUT2D eigenvalue weighted by molar-refractivity contribution is 9.10. The molecule has 0 unspecified atom stereocenters. The second kappa shape index (κ2) is 5.63. The molecule has 0 aliphatic carbocycles. The molecule has 0 amide bonds. The van der Waals surface area contributed by atoms with Crippen LogP contribution in [0.15, 0.2) is 71.3 Å². The van der Waals surface area contributed by atoms with E-state index in [0.29, 0.717) is 0 Å². The highest BCUT2D eigenvalue weighted by Gasteiger charge is 2.14. The lowest BCUT2D eigenvalue weighted by atomic mass is 10.0. The third kappa shape index (κ3) is 2.45. The van der Waals surface area contributed by atoms with E-state index in [1.165, 1.54) is 0 Å². The van der Waals surface area contributed by atoms with E-state index in [0.717, 1.165) is 38.0 Å². The number of pyridine rings is 1. The van der Waals surface area contributed by atoms with Crippen LogP contribution in [0.4, 0.5) is 0 Å². The Morgan fingerprint density at radius 2 is 1.65 bits per heavy atom. The first-order chi connectivity index (χ1) is 11.2. The largest absolute Gasteiger partial charge is 0.236 e. The zero-order valence-electron chi connectivity index (χ0n) is 12.6. The maximum atomic E-state index is 4.71. The molecule has 0 spiro atoms. The summed E-state index contributed by atoms with van der Waals surface area (Å²) in [7, 11) is 0. The van der Waals surface area contributed by atoms with Gasteiger partial charge in [-0.3, -0.25) is 0 Å². The Hall–Kier alpha value is -2.46. The van der Waals surface area contributed by atoms with Gasteiger partial charge in [0.1, 0.15) is 0 Å². The number of nitrogens with zero attached hydrogens (tertiary/aromatic N) is 3. The van der Waals surface area contributed by atoms with Crippen molar-refractivity contribution in [2.45, 2.75) is 6.92 Å². The molecular formula is C19H14BrN3. The Morgan fingerprint density at radius 1 is 0.913 bits per heavy atom. The first-order valence-corrected chi connectivity index (χ1v) is 8.19. The van der Waals surface area contributed by atoms with Gasteiger partial charge in [0.2, 0.25) is 0 Å². The SMILES string of the molecule is Cc1nn(-c2ccccc2)c2nccc(-c3ccc(Br)cc3)c12. The van der Waals surface area contributed by atoms with Gasteiger partial charge in [-0.1, -0.05) is 46.3 Å². The first-order valence-electron chi connectivity index (χ1n) is 7.40. The Balaban J connectivity index is 1.98. The van der Waals surface area contributed by atoms with Crippen LogP contribution in [0.5, 0.6) is 0 Å². The minimum absolute atomic E-state index is 0.883. The second-order valence-corrected chi connectivity index (χ2v) is 6.31. The average Bonchev–Trinajstić information content (AvgIpc) is 2.94. The van der Waals surface area contributed by atoms with Crippen molar-refractivity contribution in [1.82, 2.24) is 14.8 Å². The van der Waals surface area contributed by atoms with Crippen LogP contribution in [-0.4, -0.2) is 14.8 Å². The summed E-state index contributed by atoms with van der Waals surface area (Å²) in [6, 6.07) is 20.5. The van der Waals surface area contributed by atoms with E-state index in [4.69, 9.17) is 5.10 Å². The summed E-state index contributed by atoms with van der Waals surface area (Å²) >= 11 is 3.49. The quantitative estimate of drug-likeness (QED) is 0.492. The number of halogens is 1. The van der Waals surface area contributed by atoms with Crippen LogP contribution in [0.2, 0.25) is 0 Å². The van der Waals surface area contributed by atoms with Gasteiger partial charge < -0.3 is 0 Å². The van der Waals surface area contributed by atoms with Gasteiger partial charge >= 0.3 is 0 Å². The Bertz CT molecular complexity index is 973. The fourth-order valence-electron chi connectivity index (χ4n) is 2.83. The number of hydrogen-bond acceptors (Lipinski definition) is 2. The predicted molar refractivity (Wildman–Crippen MR) is 96.7 cm³/mol. The van der Waals surface area contributed by atoms with Gasteiger partial charge in [-0.25, -0.2) is 9.67 Å². The van der Waals surface area contributed by atoms with Gasteiger partial charge in [0, 0.05) is 10.7 Å². The summed E-state index contributed by atoms with van der Waals surface area (Å²) in [5.41, 5.74) is 5.20. The van der Waals surface area contributed by atoms with Crippen molar-refractivity contribution >= 4 is 27.0 Å². The lowest BCUT2D eigenvalue weighted by molar-refractivity contribution is 0.878. The van der Waals surface area contributed by atoms with Crippen molar-refractivity contribution in [3.8, 4) is 16.8 Å². The number of benzene rings is 2. The molecule has 2 heterocycles. The molecule has 4 heteroatoms. The standard InChI is InChI=1S/C19H14BrN3/c1-13-18-17(14-7-9-15(20)10-8-14)11-12-21-19(18)23(22-13)16-5-3-2-4-6-16/h2-12H,1H3. The molecule has 0 fully saturated rings. The summed E-state index contributed by atoms with van der Waals surface area (Å²) in [6.07, 6.45) is 1.85. The Morgan fingerprint density at radius 3 is 2.39 bits per heavy atom. The molecule has 0 radical (unpaired) electrons. The zero-order valence-corrected chi connectivity index (χ0v) is 14.2. The molecular weight excluding hydrogens is 350 g/mol. The average molecular weight is 364 g/mol. The van der Waals surface area contributed by atoms with E-state index in [9.17, 15) is 0 Å². The minimum Gasteiger partial charge on any atom is -0.236 e. The fraction of sp³-hybridized carbons (Fsp3) is 0.0526. The van der Waals surface area contributed by atoms with Gasteiger partial charge in [0.15, 0.2) is 5.65 Å². The van der Waals surface area contributed by atoms with Crippen molar-refractivity contribution in [3.05, 3.63) is 77.0 Å². The Kier molecular flexibility index (Phi) is 3.46.